The summed E-state index contributed by atoms with van der Waals surface area (Å²) < 4.78 is 1.80. The van der Waals surface area contributed by atoms with Crippen LogP contribution in [0.3, 0.4) is 0 Å². The molecule has 0 aliphatic carbocycles. The second-order valence-corrected chi connectivity index (χ2v) is 6.81. The van der Waals surface area contributed by atoms with Crippen molar-refractivity contribution in [2.24, 2.45) is 7.05 Å². The SMILES string of the molecule is CN1CCN(c2cc(NCC(c3cnn(C)c3)N(C)C)ncn2)CC1=O. The van der Waals surface area contributed by atoms with Crippen molar-refractivity contribution in [1.29, 1.82) is 0 Å². The Kier molecular flexibility index (Phi) is 5.36. The topological polar surface area (TPSA) is 82.4 Å². The lowest BCUT2D eigenvalue weighted by molar-refractivity contribution is -0.129. The molecule has 0 radical (unpaired) electrons. The largest absolute Gasteiger partial charge is 0.368 e. The molecule has 3 rings (SSSR count). The molecule has 1 unspecified atom stereocenters. The highest BCUT2D eigenvalue weighted by Crippen LogP contribution is 2.20. The Labute approximate surface area is 153 Å². The van der Waals surface area contributed by atoms with Gasteiger partial charge >= 0.3 is 0 Å². The zero-order valence-corrected chi connectivity index (χ0v) is 15.8. The fourth-order valence-corrected chi connectivity index (χ4v) is 2.98. The van der Waals surface area contributed by atoms with Gasteiger partial charge in [0.1, 0.15) is 18.0 Å². The number of carbonyl (C=O) groups excluding carboxylic acids is 1. The van der Waals surface area contributed by atoms with Crippen molar-refractivity contribution in [2.45, 2.75) is 6.04 Å². The predicted molar refractivity (Wildman–Crippen MR) is 100 cm³/mol. The van der Waals surface area contributed by atoms with E-state index in [1.54, 1.807) is 9.58 Å². The molecule has 1 aliphatic heterocycles. The number of nitrogens with one attached hydrogen (secondary N) is 1. The Bertz CT molecular complexity index is 759. The van der Waals surface area contributed by atoms with Crippen LogP contribution >= 0.6 is 0 Å². The first kappa shape index (κ1) is 18.1. The number of carbonyl (C=O) groups is 1. The highest BCUT2D eigenvalue weighted by Gasteiger charge is 2.22. The molecule has 140 valence electrons. The van der Waals surface area contributed by atoms with E-state index in [1.165, 1.54) is 6.33 Å². The summed E-state index contributed by atoms with van der Waals surface area (Å²) in [7, 11) is 7.82. The summed E-state index contributed by atoms with van der Waals surface area (Å²) in [6.45, 7) is 2.52. The van der Waals surface area contributed by atoms with Crippen molar-refractivity contribution in [3.8, 4) is 0 Å². The van der Waals surface area contributed by atoms with Gasteiger partial charge in [-0.2, -0.15) is 5.10 Å². The molecule has 0 aromatic carbocycles. The van der Waals surface area contributed by atoms with Crippen molar-refractivity contribution in [3.05, 3.63) is 30.4 Å². The van der Waals surface area contributed by atoms with E-state index in [9.17, 15) is 4.79 Å². The third kappa shape index (κ3) is 4.10. The minimum Gasteiger partial charge on any atom is -0.368 e. The molecule has 9 heteroatoms. The van der Waals surface area contributed by atoms with E-state index in [0.29, 0.717) is 19.6 Å². The van der Waals surface area contributed by atoms with Crippen LogP contribution in [0.25, 0.3) is 0 Å². The summed E-state index contributed by atoms with van der Waals surface area (Å²) in [4.78, 5) is 26.4. The van der Waals surface area contributed by atoms with Crippen LogP contribution in [-0.2, 0) is 11.8 Å². The number of hydrogen-bond donors (Lipinski definition) is 1. The molecule has 1 atom stereocenters. The lowest BCUT2D eigenvalue weighted by Gasteiger charge is -2.32. The highest BCUT2D eigenvalue weighted by molar-refractivity contribution is 5.82. The Balaban J connectivity index is 1.67. The van der Waals surface area contributed by atoms with Crippen LogP contribution in [0, 0.1) is 0 Å². The second-order valence-electron chi connectivity index (χ2n) is 6.81. The molecule has 1 saturated heterocycles. The summed E-state index contributed by atoms with van der Waals surface area (Å²) in [5, 5.41) is 7.64. The molecule has 2 aromatic heterocycles. The Morgan fingerprint density at radius 2 is 2.08 bits per heavy atom. The molecule has 9 nitrogen and oxygen atoms in total. The molecule has 1 N–H and O–H groups in total. The van der Waals surface area contributed by atoms with Gasteiger partial charge in [0.2, 0.25) is 5.91 Å². The predicted octanol–water partition coefficient (Wildman–Crippen LogP) is 0.203. The molecule has 0 spiro atoms. The molecule has 2 aromatic rings. The number of piperazine rings is 1. The first-order valence-electron chi connectivity index (χ1n) is 8.64. The Morgan fingerprint density at radius 3 is 2.73 bits per heavy atom. The van der Waals surface area contributed by atoms with Gasteiger partial charge in [0.05, 0.1) is 18.8 Å². The Morgan fingerprint density at radius 1 is 1.27 bits per heavy atom. The van der Waals surface area contributed by atoms with Crippen LogP contribution < -0.4 is 10.2 Å². The first-order chi connectivity index (χ1) is 12.4. The third-order valence-corrected chi connectivity index (χ3v) is 4.64. The number of rotatable bonds is 6. The van der Waals surface area contributed by atoms with Gasteiger partial charge in [0.25, 0.3) is 0 Å². The quantitative estimate of drug-likeness (QED) is 0.790. The second kappa shape index (κ2) is 7.69. The average molecular weight is 358 g/mol. The molecular formula is C17H26N8O. The van der Waals surface area contributed by atoms with Crippen LogP contribution in [0.2, 0.25) is 0 Å². The van der Waals surface area contributed by atoms with E-state index in [4.69, 9.17) is 0 Å². The van der Waals surface area contributed by atoms with E-state index in [0.717, 1.165) is 23.7 Å². The smallest absolute Gasteiger partial charge is 0.241 e. The van der Waals surface area contributed by atoms with Crippen LogP contribution in [0.4, 0.5) is 11.6 Å². The zero-order chi connectivity index (χ0) is 18.7. The summed E-state index contributed by atoms with van der Waals surface area (Å²) in [5.41, 5.74) is 1.14. The Hall–Kier alpha value is -2.68. The molecule has 1 amide bonds. The van der Waals surface area contributed by atoms with Crippen LogP contribution in [0.15, 0.2) is 24.8 Å². The summed E-state index contributed by atoms with van der Waals surface area (Å²) in [5.74, 6) is 1.62. The molecule has 26 heavy (non-hydrogen) atoms. The monoisotopic (exact) mass is 358 g/mol. The lowest BCUT2D eigenvalue weighted by atomic mass is 10.1. The molecule has 0 bridgehead atoms. The first-order valence-corrected chi connectivity index (χ1v) is 8.64. The third-order valence-electron chi connectivity index (χ3n) is 4.64. The van der Waals surface area contributed by atoms with Gasteiger partial charge in [0, 0.05) is 51.6 Å². The number of aromatic nitrogens is 4. The van der Waals surface area contributed by atoms with Gasteiger partial charge in [-0.05, 0) is 14.1 Å². The standard InChI is InChI=1S/C17H26N8O/c1-22(2)14(13-8-21-24(4)10-13)9-18-15-7-16(20-12-19-15)25-6-5-23(3)17(26)11-25/h7-8,10,12,14H,5-6,9,11H2,1-4H3,(H,18,19,20). The van der Waals surface area contributed by atoms with E-state index in [-0.39, 0.29) is 11.9 Å². The minimum atomic E-state index is 0.105. The number of hydrogen-bond acceptors (Lipinski definition) is 7. The molecular weight excluding hydrogens is 332 g/mol. The highest BCUT2D eigenvalue weighted by atomic mass is 16.2. The summed E-state index contributed by atoms with van der Waals surface area (Å²) >= 11 is 0. The van der Waals surface area contributed by atoms with E-state index in [1.807, 2.05) is 51.6 Å². The fraction of sp³-hybridized carbons (Fsp3) is 0.529. The normalized spacial score (nSPS) is 16.3. The number of amides is 1. The van der Waals surface area contributed by atoms with E-state index < -0.39 is 0 Å². The van der Waals surface area contributed by atoms with Crippen molar-refractivity contribution in [2.75, 3.05) is 57.5 Å². The van der Waals surface area contributed by atoms with Gasteiger partial charge in [-0.3, -0.25) is 9.48 Å². The fourth-order valence-electron chi connectivity index (χ4n) is 2.98. The number of likely N-dealkylation sites (N-methyl/N-ethyl adjacent to an activating group) is 2. The molecule has 1 aliphatic rings. The summed E-state index contributed by atoms with van der Waals surface area (Å²) in [6.07, 6.45) is 5.44. The van der Waals surface area contributed by atoms with Gasteiger partial charge in [-0.15, -0.1) is 0 Å². The minimum absolute atomic E-state index is 0.105. The van der Waals surface area contributed by atoms with Gasteiger partial charge < -0.3 is 20.0 Å². The van der Waals surface area contributed by atoms with Crippen LogP contribution in [0.5, 0.6) is 0 Å². The number of anilines is 2. The number of aryl methyl sites for hydroxylation is 1. The van der Waals surface area contributed by atoms with Crippen molar-refractivity contribution < 1.29 is 4.79 Å². The maximum atomic E-state index is 11.9. The van der Waals surface area contributed by atoms with E-state index in [2.05, 4.69) is 25.3 Å². The molecule has 1 fully saturated rings. The van der Waals surface area contributed by atoms with Crippen LogP contribution in [-0.4, -0.2) is 82.8 Å². The number of nitrogens with zero attached hydrogens (tertiary/aromatic N) is 7. The lowest BCUT2D eigenvalue weighted by Crippen LogP contribution is -2.48. The van der Waals surface area contributed by atoms with Gasteiger partial charge in [-0.25, -0.2) is 9.97 Å². The van der Waals surface area contributed by atoms with Crippen molar-refractivity contribution in [3.63, 3.8) is 0 Å². The van der Waals surface area contributed by atoms with Gasteiger partial charge in [-0.1, -0.05) is 0 Å². The maximum Gasteiger partial charge on any atom is 0.241 e. The van der Waals surface area contributed by atoms with Crippen molar-refractivity contribution >= 4 is 17.5 Å². The molecule has 3 heterocycles. The van der Waals surface area contributed by atoms with Gasteiger partial charge in [0.15, 0.2) is 0 Å². The van der Waals surface area contributed by atoms with E-state index >= 15 is 0 Å². The van der Waals surface area contributed by atoms with Crippen LogP contribution in [0.1, 0.15) is 11.6 Å². The van der Waals surface area contributed by atoms with Crippen molar-refractivity contribution in [1.82, 2.24) is 29.5 Å². The molecule has 0 saturated carbocycles. The zero-order valence-electron chi connectivity index (χ0n) is 15.8. The average Bonchev–Trinajstić information content (AvgIpc) is 3.03. The summed E-state index contributed by atoms with van der Waals surface area (Å²) in [6, 6.07) is 2.07. The maximum absolute atomic E-state index is 11.9.